The maximum atomic E-state index is 13.8. The summed E-state index contributed by atoms with van der Waals surface area (Å²) in [7, 11) is 1.58. The molecule has 0 N–H and O–H groups in total. The highest BCUT2D eigenvalue weighted by molar-refractivity contribution is 5.98. The Kier molecular flexibility index (Phi) is 6.66. The van der Waals surface area contributed by atoms with Crippen LogP contribution in [0.5, 0.6) is 0 Å². The normalized spacial score (nSPS) is 21.4. The van der Waals surface area contributed by atoms with Crippen LogP contribution in [0, 0.1) is 0 Å². The fraction of sp³-hybridized carbons (Fsp3) is 0.640. The highest BCUT2D eigenvalue weighted by Gasteiger charge is 2.41. The molecule has 2 amide bonds. The highest BCUT2D eigenvalue weighted by atomic mass is 19.4. The lowest BCUT2D eigenvalue weighted by atomic mass is 9.90. The van der Waals surface area contributed by atoms with Crippen LogP contribution in [0.4, 0.5) is 13.2 Å². The molecule has 6 nitrogen and oxygen atoms in total. The summed E-state index contributed by atoms with van der Waals surface area (Å²) in [6.45, 7) is 6.37. The molecule has 0 bridgehead atoms. The number of halogens is 3. The summed E-state index contributed by atoms with van der Waals surface area (Å²) in [6, 6.07) is 2.98. The minimum atomic E-state index is -4.56. The molecule has 0 radical (unpaired) electrons. The third-order valence-corrected chi connectivity index (χ3v) is 7.28. The van der Waals surface area contributed by atoms with Gasteiger partial charge >= 0.3 is 6.18 Å². The average Bonchev–Trinajstić information content (AvgIpc) is 3.57. The molecule has 3 fully saturated rings. The molecular formula is C25H33F3N4O2. The number of hydrogen-bond donors (Lipinski definition) is 0. The number of aromatic nitrogens is 2. The number of amides is 2. The number of carbonyl (C=O) groups excluding carboxylic acids is 2. The van der Waals surface area contributed by atoms with Crippen molar-refractivity contribution in [3.8, 4) is 0 Å². The van der Waals surface area contributed by atoms with Gasteiger partial charge in [0.2, 0.25) is 5.91 Å². The SMILES string of the molecule is CC.CCC1CN(C2CCC2)C(=O)CN1C(=O)c1nc2c(C(F)(F)F)cc(C3CC3)cc2n1C. The molecule has 9 heteroatoms. The first-order chi connectivity index (χ1) is 16.2. The van der Waals surface area contributed by atoms with Crippen LogP contribution in [0.2, 0.25) is 0 Å². The summed E-state index contributed by atoms with van der Waals surface area (Å²) in [6.07, 6.45) is 0.933. The van der Waals surface area contributed by atoms with E-state index in [0.29, 0.717) is 24.0 Å². The summed E-state index contributed by atoms with van der Waals surface area (Å²) in [5, 5.41) is 0. The minimum absolute atomic E-state index is 0.0539. The van der Waals surface area contributed by atoms with Gasteiger partial charge in [-0.15, -0.1) is 0 Å². The molecule has 1 aliphatic heterocycles. The van der Waals surface area contributed by atoms with Crippen molar-refractivity contribution in [3.63, 3.8) is 0 Å². The molecule has 1 unspecified atom stereocenters. The molecule has 1 atom stereocenters. The van der Waals surface area contributed by atoms with Crippen molar-refractivity contribution in [1.82, 2.24) is 19.4 Å². The number of aryl methyl sites for hydroxylation is 1. The fourth-order valence-corrected chi connectivity index (χ4v) is 4.93. The van der Waals surface area contributed by atoms with Gasteiger partial charge in [0, 0.05) is 19.6 Å². The molecule has 0 spiro atoms. The minimum Gasteiger partial charge on any atom is -0.336 e. The van der Waals surface area contributed by atoms with Crippen LogP contribution in [0.3, 0.4) is 0 Å². The van der Waals surface area contributed by atoms with E-state index < -0.39 is 17.6 Å². The second kappa shape index (κ2) is 9.23. The Morgan fingerprint density at radius 2 is 1.82 bits per heavy atom. The lowest BCUT2D eigenvalue weighted by Gasteiger charge is -2.46. The van der Waals surface area contributed by atoms with E-state index in [1.54, 1.807) is 13.1 Å². The van der Waals surface area contributed by atoms with Gasteiger partial charge in [0.15, 0.2) is 5.82 Å². The van der Waals surface area contributed by atoms with E-state index in [-0.39, 0.29) is 41.8 Å². The average molecular weight is 479 g/mol. The van der Waals surface area contributed by atoms with E-state index in [1.807, 2.05) is 25.7 Å². The third kappa shape index (κ3) is 4.29. The predicted octanol–water partition coefficient (Wildman–Crippen LogP) is 5.11. The summed E-state index contributed by atoms with van der Waals surface area (Å²) < 4.78 is 42.9. The van der Waals surface area contributed by atoms with E-state index in [2.05, 4.69) is 4.98 Å². The Morgan fingerprint density at radius 1 is 1.15 bits per heavy atom. The lowest BCUT2D eigenvalue weighted by molar-refractivity contribution is -0.142. The fourth-order valence-electron chi connectivity index (χ4n) is 4.93. The maximum absolute atomic E-state index is 13.8. The zero-order valence-electron chi connectivity index (χ0n) is 20.3. The van der Waals surface area contributed by atoms with Gasteiger partial charge < -0.3 is 14.4 Å². The van der Waals surface area contributed by atoms with Crippen molar-refractivity contribution < 1.29 is 22.8 Å². The summed E-state index contributed by atoms with van der Waals surface area (Å²) in [4.78, 5) is 33.8. The molecule has 2 heterocycles. The Hall–Kier alpha value is -2.58. The molecule has 1 aromatic heterocycles. The lowest BCUT2D eigenvalue weighted by Crippen LogP contribution is -2.61. The Morgan fingerprint density at radius 3 is 2.35 bits per heavy atom. The third-order valence-electron chi connectivity index (χ3n) is 7.28. The van der Waals surface area contributed by atoms with Crippen LogP contribution in [0.1, 0.15) is 87.0 Å². The largest absolute Gasteiger partial charge is 0.418 e. The van der Waals surface area contributed by atoms with Crippen molar-refractivity contribution in [2.24, 2.45) is 7.05 Å². The van der Waals surface area contributed by atoms with E-state index >= 15 is 0 Å². The number of rotatable bonds is 4. The van der Waals surface area contributed by atoms with Crippen molar-refractivity contribution in [2.75, 3.05) is 13.1 Å². The maximum Gasteiger partial charge on any atom is 0.418 e. The van der Waals surface area contributed by atoms with E-state index in [9.17, 15) is 22.8 Å². The van der Waals surface area contributed by atoms with Crippen LogP contribution >= 0.6 is 0 Å². The van der Waals surface area contributed by atoms with Gasteiger partial charge in [0.1, 0.15) is 12.1 Å². The van der Waals surface area contributed by atoms with E-state index in [0.717, 1.165) is 32.1 Å². The zero-order chi connectivity index (χ0) is 24.8. The topological polar surface area (TPSA) is 58.4 Å². The zero-order valence-corrected chi connectivity index (χ0v) is 20.3. The van der Waals surface area contributed by atoms with Crippen molar-refractivity contribution >= 4 is 22.8 Å². The van der Waals surface area contributed by atoms with Crippen molar-refractivity contribution in [2.45, 2.75) is 83.5 Å². The van der Waals surface area contributed by atoms with Gasteiger partial charge in [0.05, 0.1) is 17.1 Å². The van der Waals surface area contributed by atoms with Crippen LogP contribution in [-0.2, 0) is 18.0 Å². The van der Waals surface area contributed by atoms with Gasteiger partial charge in [-0.2, -0.15) is 13.2 Å². The van der Waals surface area contributed by atoms with Crippen LogP contribution < -0.4 is 0 Å². The van der Waals surface area contributed by atoms with Crippen LogP contribution in [0.25, 0.3) is 11.0 Å². The highest BCUT2D eigenvalue weighted by Crippen LogP contribution is 2.44. The second-order valence-corrected chi connectivity index (χ2v) is 9.33. The Labute approximate surface area is 198 Å². The van der Waals surface area contributed by atoms with Crippen LogP contribution in [-0.4, -0.2) is 56.3 Å². The first-order valence-corrected chi connectivity index (χ1v) is 12.4. The van der Waals surface area contributed by atoms with E-state index in [4.69, 9.17) is 0 Å². The van der Waals surface area contributed by atoms with Crippen molar-refractivity contribution in [3.05, 3.63) is 29.1 Å². The molecule has 34 heavy (non-hydrogen) atoms. The number of benzene rings is 1. The van der Waals surface area contributed by atoms with E-state index in [1.165, 1.54) is 15.5 Å². The second-order valence-electron chi connectivity index (χ2n) is 9.33. The molecule has 1 saturated heterocycles. The number of fused-ring (bicyclic) bond motifs is 1. The Bertz CT molecular complexity index is 1090. The molecule has 3 aliphatic rings. The number of alkyl halides is 3. The summed E-state index contributed by atoms with van der Waals surface area (Å²) in [5.41, 5.74) is -0.0650. The molecule has 186 valence electrons. The van der Waals surface area contributed by atoms with Gasteiger partial charge in [-0.3, -0.25) is 9.59 Å². The quantitative estimate of drug-likeness (QED) is 0.614. The smallest absolute Gasteiger partial charge is 0.336 e. The number of hydrogen-bond acceptors (Lipinski definition) is 3. The first kappa shape index (κ1) is 24.5. The van der Waals surface area contributed by atoms with Gasteiger partial charge in [-0.25, -0.2) is 4.98 Å². The number of piperazine rings is 1. The standard InChI is InChI=1S/C23H27F3N4O2.C2H6/c1-3-15-11-29(16-5-4-6-16)19(31)12-30(15)22(32)21-27-20-17(23(24,25)26)9-14(13-7-8-13)10-18(20)28(21)2;1-2/h9-10,13,15-16H,3-8,11-12H2,1-2H3;1-2H3. The number of carbonyl (C=O) groups is 2. The monoisotopic (exact) mass is 478 g/mol. The number of imidazole rings is 1. The van der Waals surface area contributed by atoms with Gasteiger partial charge in [0.25, 0.3) is 5.91 Å². The molecule has 5 rings (SSSR count). The first-order valence-electron chi connectivity index (χ1n) is 12.4. The molecule has 2 saturated carbocycles. The molecule has 2 aliphatic carbocycles. The number of nitrogens with zero attached hydrogens (tertiary/aromatic N) is 4. The summed E-state index contributed by atoms with van der Waals surface area (Å²) >= 11 is 0. The van der Waals surface area contributed by atoms with Gasteiger partial charge in [-0.05, 0) is 62.1 Å². The molecule has 2 aromatic rings. The van der Waals surface area contributed by atoms with Crippen molar-refractivity contribution in [1.29, 1.82) is 0 Å². The van der Waals surface area contributed by atoms with Crippen LogP contribution in [0.15, 0.2) is 12.1 Å². The Balaban J connectivity index is 0.00000133. The molecular weight excluding hydrogens is 445 g/mol. The predicted molar refractivity (Wildman–Crippen MR) is 124 cm³/mol. The summed E-state index contributed by atoms with van der Waals surface area (Å²) in [5.74, 6) is -0.505. The molecule has 1 aromatic carbocycles. The van der Waals surface area contributed by atoms with Gasteiger partial charge in [-0.1, -0.05) is 20.8 Å².